The van der Waals surface area contributed by atoms with Gasteiger partial charge in [-0.1, -0.05) is 49.4 Å². The van der Waals surface area contributed by atoms with Gasteiger partial charge in [-0.2, -0.15) is 5.10 Å². The van der Waals surface area contributed by atoms with Crippen molar-refractivity contribution in [2.75, 3.05) is 0 Å². The fourth-order valence-electron chi connectivity index (χ4n) is 2.59. The quantitative estimate of drug-likeness (QED) is 0.641. The number of nitrogens with one attached hydrogen (secondary N) is 1. The van der Waals surface area contributed by atoms with Gasteiger partial charge >= 0.3 is 6.03 Å². The largest absolute Gasteiger partial charge is 0.488 e. The molecule has 0 aliphatic carbocycles. The molecule has 6 heteroatoms. The van der Waals surface area contributed by atoms with Gasteiger partial charge in [-0.15, -0.1) is 5.01 Å². The summed E-state index contributed by atoms with van der Waals surface area (Å²) < 4.78 is 5.86. The number of amides is 3. The van der Waals surface area contributed by atoms with E-state index >= 15 is 0 Å². The van der Waals surface area contributed by atoms with E-state index in [4.69, 9.17) is 4.74 Å². The zero-order chi connectivity index (χ0) is 18.6. The summed E-state index contributed by atoms with van der Waals surface area (Å²) in [5.74, 6) is 0.273. The molecule has 0 bridgehead atoms. The summed E-state index contributed by atoms with van der Waals surface area (Å²) in [4.78, 5) is 24.4. The van der Waals surface area contributed by atoms with Crippen molar-refractivity contribution in [3.63, 3.8) is 0 Å². The first-order valence-electron chi connectivity index (χ1n) is 8.50. The minimum absolute atomic E-state index is 0.357. The molecule has 0 saturated carbocycles. The van der Waals surface area contributed by atoms with Crippen molar-refractivity contribution in [2.24, 2.45) is 5.10 Å². The van der Waals surface area contributed by atoms with Gasteiger partial charge in [0.15, 0.2) is 0 Å². The van der Waals surface area contributed by atoms with Gasteiger partial charge in [0.1, 0.15) is 17.9 Å². The Bertz CT molecular complexity index is 835. The van der Waals surface area contributed by atoms with Gasteiger partial charge in [-0.25, -0.2) is 4.79 Å². The lowest BCUT2D eigenvalue weighted by molar-refractivity contribution is -0.130. The van der Waals surface area contributed by atoms with E-state index in [1.54, 1.807) is 6.92 Å². The Kier molecular flexibility index (Phi) is 5.02. The van der Waals surface area contributed by atoms with Crippen LogP contribution in [-0.2, 0) is 11.4 Å². The van der Waals surface area contributed by atoms with Crippen molar-refractivity contribution in [3.8, 4) is 5.75 Å². The molecule has 3 amide bonds. The number of rotatable bonds is 6. The fourth-order valence-corrected chi connectivity index (χ4v) is 2.59. The summed E-state index contributed by atoms with van der Waals surface area (Å²) in [6, 6.07) is 16.7. The number of imide groups is 1. The zero-order valence-electron chi connectivity index (χ0n) is 14.8. The minimum Gasteiger partial charge on any atom is -0.488 e. The Morgan fingerprint density at radius 3 is 2.50 bits per heavy atom. The predicted octanol–water partition coefficient (Wildman–Crippen LogP) is 3.32. The van der Waals surface area contributed by atoms with Gasteiger partial charge in [-0.3, -0.25) is 4.79 Å². The van der Waals surface area contributed by atoms with Gasteiger partial charge < -0.3 is 10.1 Å². The van der Waals surface area contributed by atoms with Crippen LogP contribution in [0.3, 0.4) is 0 Å². The van der Waals surface area contributed by atoms with E-state index < -0.39 is 11.6 Å². The number of carbonyl (C=O) groups is 2. The van der Waals surface area contributed by atoms with Crippen molar-refractivity contribution in [1.82, 2.24) is 10.3 Å². The van der Waals surface area contributed by atoms with E-state index in [1.165, 1.54) is 6.21 Å². The number of benzene rings is 2. The van der Waals surface area contributed by atoms with Crippen molar-refractivity contribution in [2.45, 2.75) is 32.4 Å². The molecule has 6 nitrogen and oxygen atoms in total. The summed E-state index contributed by atoms with van der Waals surface area (Å²) >= 11 is 0. The first-order chi connectivity index (χ1) is 12.5. The van der Waals surface area contributed by atoms with E-state index in [2.05, 4.69) is 10.4 Å². The van der Waals surface area contributed by atoms with Crippen LogP contribution in [0, 0.1) is 0 Å². The van der Waals surface area contributed by atoms with Gasteiger partial charge in [-0.05, 0) is 31.0 Å². The number of para-hydroxylation sites is 1. The summed E-state index contributed by atoms with van der Waals surface area (Å²) in [6.07, 6.45) is 1.97. The second-order valence-electron chi connectivity index (χ2n) is 6.29. The molecule has 26 heavy (non-hydrogen) atoms. The molecule has 0 aromatic heterocycles. The van der Waals surface area contributed by atoms with Crippen LogP contribution < -0.4 is 10.1 Å². The maximum absolute atomic E-state index is 12.4. The lowest BCUT2D eigenvalue weighted by atomic mass is 10.00. The maximum Gasteiger partial charge on any atom is 0.346 e. The highest BCUT2D eigenvalue weighted by Gasteiger charge is 2.46. The normalized spacial score (nSPS) is 19.8. The van der Waals surface area contributed by atoms with Crippen molar-refractivity contribution >= 4 is 18.2 Å². The monoisotopic (exact) mass is 351 g/mol. The summed E-state index contributed by atoms with van der Waals surface area (Å²) in [7, 11) is 0. The Morgan fingerprint density at radius 2 is 1.81 bits per heavy atom. The highest BCUT2D eigenvalue weighted by atomic mass is 16.5. The van der Waals surface area contributed by atoms with Gasteiger partial charge in [0.25, 0.3) is 5.91 Å². The molecular formula is C20H21N3O3. The molecule has 134 valence electrons. The van der Waals surface area contributed by atoms with E-state index in [-0.39, 0.29) is 5.91 Å². The molecule has 0 spiro atoms. The number of carbonyl (C=O) groups excluding carboxylic acids is 2. The van der Waals surface area contributed by atoms with Crippen LogP contribution >= 0.6 is 0 Å². The molecule has 1 heterocycles. The van der Waals surface area contributed by atoms with Crippen molar-refractivity contribution in [3.05, 3.63) is 65.7 Å². The topological polar surface area (TPSA) is 71.0 Å². The van der Waals surface area contributed by atoms with Gasteiger partial charge in [0, 0.05) is 5.56 Å². The zero-order valence-corrected chi connectivity index (χ0v) is 14.8. The minimum atomic E-state index is -0.905. The molecule has 0 radical (unpaired) electrons. The Hall–Kier alpha value is -3.15. The molecule has 1 saturated heterocycles. The lowest BCUT2D eigenvalue weighted by Crippen LogP contribution is -2.42. The summed E-state index contributed by atoms with van der Waals surface area (Å²) in [6.45, 7) is 3.96. The van der Waals surface area contributed by atoms with E-state index in [0.717, 1.165) is 10.6 Å². The smallest absolute Gasteiger partial charge is 0.346 e. The molecule has 1 aliphatic rings. The van der Waals surface area contributed by atoms with Crippen LogP contribution in [0.5, 0.6) is 5.75 Å². The first-order valence-corrected chi connectivity index (χ1v) is 8.50. The van der Waals surface area contributed by atoms with Crippen LogP contribution in [0.4, 0.5) is 4.79 Å². The standard InChI is InChI=1S/C20H21N3O3/c1-3-20(2)18(24)23(19(25)22-20)21-13-16-11-7-8-12-17(16)26-14-15-9-5-4-6-10-15/h4-13H,3,14H2,1-2H3,(H,22,25)/b21-13-/t20-/m0/s1. The second kappa shape index (κ2) is 7.39. The SMILES string of the molecule is CC[C@]1(C)NC(=O)N(/N=C\c2ccccc2OCc2ccccc2)C1=O. The van der Waals surface area contributed by atoms with Crippen molar-refractivity contribution in [1.29, 1.82) is 0 Å². The molecule has 1 atom stereocenters. The number of urea groups is 1. The second-order valence-corrected chi connectivity index (χ2v) is 6.29. The molecule has 2 aromatic carbocycles. The number of hydrazone groups is 1. The number of nitrogens with zero attached hydrogens (tertiary/aromatic N) is 2. The Morgan fingerprint density at radius 1 is 1.12 bits per heavy atom. The van der Waals surface area contributed by atoms with Crippen molar-refractivity contribution < 1.29 is 14.3 Å². The van der Waals surface area contributed by atoms with Gasteiger partial charge in [0.2, 0.25) is 0 Å². The third kappa shape index (κ3) is 3.59. The molecule has 2 aromatic rings. The molecule has 0 unspecified atom stereocenters. The highest BCUT2D eigenvalue weighted by Crippen LogP contribution is 2.22. The van der Waals surface area contributed by atoms with Crippen LogP contribution in [-0.4, -0.2) is 28.7 Å². The number of ether oxygens (including phenoxy) is 1. The molecule has 1 N–H and O–H groups in total. The van der Waals surface area contributed by atoms with Crippen LogP contribution in [0.15, 0.2) is 59.7 Å². The first kappa shape index (κ1) is 17.7. The molecule has 1 fully saturated rings. The molecular weight excluding hydrogens is 330 g/mol. The van der Waals surface area contributed by atoms with Crippen LogP contribution in [0.25, 0.3) is 0 Å². The molecule has 1 aliphatic heterocycles. The van der Waals surface area contributed by atoms with Crippen LogP contribution in [0.1, 0.15) is 31.4 Å². The number of hydrogen-bond acceptors (Lipinski definition) is 4. The third-order valence-corrected chi connectivity index (χ3v) is 4.42. The van der Waals surface area contributed by atoms with E-state index in [0.29, 0.717) is 24.3 Å². The Labute approximate surface area is 152 Å². The Balaban J connectivity index is 1.75. The number of hydrogen-bond donors (Lipinski definition) is 1. The maximum atomic E-state index is 12.4. The fraction of sp³-hybridized carbons (Fsp3) is 0.250. The summed E-state index contributed by atoms with van der Waals surface area (Å²) in [5, 5.41) is 7.62. The third-order valence-electron chi connectivity index (χ3n) is 4.42. The molecule has 3 rings (SSSR count). The highest BCUT2D eigenvalue weighted by molar-refractivity contribution is 6.07. The van der Waals surface area contributed by atoms with E-state index in [1.807, 2.05) is 61.5 Å². The average molecular weight is 351 g/mol. The lowest BCUT2D eigenvalue weighted by Gasteiger charge is -2.17. The summed E-state index contributed by atoms with van der Waals surface area (Å²) in [5.41, 5.74) is 0.832. The van der Waals surface area contributed by atoms with E-state index in [9.17, 15) is 9.59 Å². The predicted molar refractivity (Wildman–Crippen MR) is 98.9 cm³/mol. The van der Waals surface area contributed by atoms with Crippen LogP contribution in [0.2, 0.25) is 0 Å². The van der Waals surface area contributed by atoms with Gasteiger partial charge in [0.05, 0.1) is 6.21 Å². The average Bonchev–Trinajstić information content (AvgIpc) is 2.89.